The van der Waals surface area contributed by atoms with Gasteiger partial charge in [0, 0.05) is 44.8 Å². The summed E-state index contributed by atoms with van der Waals surface area (Å²) in [5, 5.41) is 6.83. The van der Waals surface area contributed by atoms with Crippen LogP contribution in [0.3, 0.4) is 0 Å². The van der Waals surface area contributed by atoms with Crippen LogP contribution in [0, 0.1) is 5.82 Å². The second-order valence-electron chi connectivity index (χ2n) is 8.22. The molecule has 0 bridgehead atoms. The molecule has 1 fully saturated rings. The van der Waals surface area contributed by atoms with Gasteiger partial charge in [-0.25, -0.2) is 4.39 Å². The number of halogens is 1. The molecule has 2 aromatic rings. The molecule has 30 heavy (non-hydrogen) atoms. The minimum Gasteiger partial charge on any atom is -0.355 e. The van der Waals surface area contributed by atoms with Crippen LogP contribution in [0.25, 0.3) is 0 Å². The van der Waals surface area contributed by atoms with E-state index in [2.05, 4.69) is 50.9 Å². The van der Waals surface area contributed by atoms with Crippen LogP contribution in [0.4, 0.5) is 4.39 Å². The molecule has 1 atom stereocenters. The van der Waals surface area contributed by atoms with Crippen molar-refractivity contribution in [1.82, 2.24) is 20.4 Å². The van der Waals surface area contributed by atoms with Crippen molar-refractivity contribution in [2.45, 2.75) is 38.5 Å². The highest BCUT2D eigenvalue weighted by molar-refractivity contribution is 5.79. The minimum atomic E-state index is -0.158. The van der Waals surface area contributed by atoms with Crippen LogP contribution in [0.2, 0.25) is 0 Å². The molecule has 0 aliphatic carbocycles. The Bertz CT molecular complexity index is 822. The van der Waals surface area contributed by atoms with E-state index in [1.54, 1.807) is 13.1 Å². The first-order valence-electron chi connectivity index (χ1n) is 10.7. The smallest absolute Gasteiger partial charge is 0.191 e. The summed E-state index contributed by atoms with van der Waals surface area (Å²) in [6.45, 7) is 4.19. The highest BCUT2D eigenvalue weighted by atomic mass is 19.1. The Hall–Kier alpha value is -2.44. The Morgan fingerprint density at radius 1 is 1.13 bits per heavy atom. The Labute approximate surface area is 180 Å². The Morgan fingerprint density at radius 3 is 2.67 bits per heavy atom. The van der Waals surface area contributed by atoms with Crippen molar-refractivity contribution in [2.24, 2.45) is 4.99 Å². The van der Waals surface area contributed by atoms with Gasteiger partial charge in [-0.05, 0) is 56.7 Å². The molecule has 2 N–H and O–H groups in total. The SMILES string of the molecule is CN=C(NCc1ccc(F)c(CN(C)C)c1)NCC1CCCN1Cc1ccccc1. The predicted molar refractivity (Wildman–Crippen MR) is 122 cm³/mol. The Kier molecular flexibility index (Phi) is 8.22. The normalized spacial score (nSPS) is 17.5. The van der Waals surface area contributed by atoms with E-state index in [1.807, 2.05) is 31.1 Å². The highest BCUT2D eigenvalue weighted by Gasteiger charge is 2.24. The van der Waals surface area contributed by atoms with Gasteiger partial charge >= 0.3 is 0 Å². The number of hydrogen-bond acceptors (Lipinski definition) is 3. The highest BCUT2D eigenvalue weighted by Crippen LogP contribution is 2.19. The second kappa shape index (κ2) is 11.1. The molecule has 1 saturated heterocycles. The van der Waals surface area contributed by atoms with Gasteiger partial charge in [-0.1, -0.05) is 36.4 Å². The Balaban J connectivity index is 1.50. The maximum Gasteiger partial charge on any atom is 0.191 e. The molecule has 1 heterocycles. The summed E-state index contributed by atoms with van der Waals surface area (Å²) >= 11 is 0. The summed E-state index contributed by atoms with van der Waals surface area (Å²) < 4.78 is 14.0. The third kappa shape index (κ3) is 6.54. The van der Waals surface area contributed by atoms with Gasteiger partial charge in [0.1, 0.15) is 5.82 Å². The van der Waals surface area contributed by atoms with Gasteiger partial charge in [-0.2, -0.15) is 0 Å². The van der Waals surface area contributed by atoms with Crippen LogP contribution in [0.5, 0.6) is 0 Å². The lowest BCUT2D eigenvalue weighted by molar-refractivity contribution is 0.245. The molecule has 0 amide bonds. The van der Waals surface area contributed by atoms with Gasteiger partial charge in [0.05, 0.1) is 0 Å². The van der Waals surface area contributed by atoms with Crippen molar-refractivity contribution in [2.75, 3.05) is 34.2 Å². The number of benzene rings is 2. The maximum atomic E-state index is 14.0. The molecule has 1 aliphatic rings. The molecule has 2 aromatic carbocycles. The van der Waals surface area contributed by atoms with Gasteiger partial charge in [0.2, 0.25) is 0 Å². The van der Waals surface area contributed by atoms with E-state index in [4.69, 9.17) is 0 Å². The Morgan fingerprint density at radius 2 is 1.93 bits per heavy atom. The zero-order chi connectivity index (χ0) is 21.3. The molecular weight excluding hydrogens is 377 g/mol. The van der Waals surface area contributed by atoms with Crippen LogP contribution in [0.1, 0.15) is 29.5 Å². The van der Waals surface area contributed by atoms with Gasteiger partial charge in [0.25, 0.3) is 0 Å². The van der Waals surface area contributed by atoms with E-state index in [0.29, 0.717) is 24.7 Å². The fourth-order valence-corrected chi connectivity index (χ4v) is 3.97. The molecule has 0 radical (unpaired) electrons. The fraction of sp³-hybridized carbons (Fsp3) is 0.458. The summed E-state index contributed by atoms with van der Waals surface area (Å²) in [5.41, 5.74) is 3.12. The largest absolute Gasteiger partial charge is 0.355 e. The van der Waals surface area contributed by atoms with E-state index < -0.39 is 0 Å². The molecule has 0 aromatic heterocycles. The lowest BCUT2D eigenvalue weighted by Gasteiger charge is -2.25. The van der Waals surface area contributed by atoms with Gasteiger partial charge in [0.15, 0.2) is 5.96 Å². The summed E-state index contributed by atoms with van der Waals surface area (Å²) in [5.74, 6) is 0.620. The van der Waals surface area contributed by atoms with Crippen molar-refractivity contribution in [3.05, 3.63) is 71.0 Å². The molecule has 3 rings (SSSR count). The molecule has 0 spiro atoms. The minimum absolute atomic E-state index is 0.158. The van der Waals surface area contributed by atoms with E-state index in [1.165, 1.54) is 18.4 Å². The number of rotatable bonds is 8. The number of likely N-dealkylation sites (tertiary alicyclic amines) is 1. The number of nitrogens with one attached hydrogen (secondary N) is 2. The quantitative estimate of drug-likeness (QED) is 0.517. The van der Waals surface area contributed by atoms with Crippen molar-refractivity contribution in [1.29, 1.82) is 0 Å². The van der Waals surface area contributed by atoms with Crippen molar-refractivity contribution in [3.63, 3.8) is 0 Å². The van der Waals surface area contributed by atoms with Crippen LogP contribution >= 0.6 is 0 Å². The van der Waals surface area contributed by atoms with E-state index >= 15 is 0 Å². The van der Waals surface area contributed by atoms with E-state index in [-0.39, 0.29) is 5.82 Å². The van der Waals surface area contributed by atoms with Crippen molar-refractivity contribution >= 4 is 5.96 Å². The average Bonchev–Trinajstić information content (AvgIpc) is 3.17. The summed E-state index contributed by atoms with van der Waals surface area (Å²) in [7, 11) is 5.67. The predicted octanol–water partition coefficient (Wildman–Crippen LogP) is 3.22. The summed E-state index contributed by atoms with van der Waals surface area (Å²) in [6, 6.07) is 16.4. The molecular formula is C24H34FN5. The lowest BCUT2D eigenvalue weighted by atomic mass is 10.1. The topological polar surface area (TPSA) is 42.9 Å². The number of guanidine groups is 1. The van der Waals surface area contributed by atoms with Gasteiger partial charge < -0.3 is 15.5 Å². The van der Waals surface area contributed by atoms with Crippen LogP contribution in [0.15, 0.2) is 53.5 Å². The standard InChI is InChI=1S/C24H34FN5/c1-26-24(27-15-20-11-12-23(25)21(14-20)18-29(2)3)28-16-22-10-7-13-30(22)17-19-8-5-4-6-9-19/h4-6,8-9,11-12,14,22H,7,10,13,15-18H2,1-3H3,(H2,26,27,28). The van der Waals surface area contributed by atoms with E-state index in [0.717, 1.165) is 31.2 Å². The lowest BCUT2D eigenvalue weighted by Crippen LogP contribution is -2.44. The van der Waals surface area contributed by atoms with Crippen LogP contribution in [-0.2, 0) is 19.6 Å². The maximum absolute atomic E-state index is 14.0. The fourth-order valence-electron chi connectivity index (χ4n) is 3.97. The molecule has 0 saturated carbocycles. The second-order valence-corrected chi connectivity index (χ2v) is 8.22. The van der Waals surface area contributed by atoms with Crippen LogP contribution in [-0.4, -0.2) is 56.0 Å². The first-order valence-corrected chi connectivity index (χ1v) is 10.7. The third-order valence-corrected chi connectivity index (χ3v) is 5.51. The van der Waals surface area contributed by atoms with Crippen molar-refractivity contribution in [3.8, 4) is 0 Å². The average molecular weight is 412 g/mol. The summed E-state index contributed by atoms with van der Waals surface area (Å²) in [6.07, 6.45) is 2.43. The van der Waals surface area contributed by atoms with Crippen LogP contribution < -0.4 is 10.6 Å². The molecule has 1 aliphatic heterocycles. The third-order valence-electron chi connectivity index (χ3n) is 5.51. The summed E-state index contributed by atoms with van der Waals surface area (Å²) in [4.78, 5) is 8.87. The number of hydrogen-bond donors (Lipinski definition) is 2. The number of nitrogens with zero attached hydrogens (tertiary/aromatic N) is 3. The first-order chi connectivity index (χ1) is 14.5. The first kappa shape index (κ1) is 22.2. The van der Waals surface area contributed by atoms with Gasteiger partial charge in [-0.15, -0.1) is 0 Å². The zero-order valence-electron chi connectivity index (χ0n) is 18.4. The number of aliphatic imine (C=N–C) groups is 1. The monoisotopic (exact) mass is 411 g/mol. The molecule has 162 valence electrons. The molecule has 6 heteroatoms. The van der Waals surface area contributed by atoms with Gasteiger partial charge in [-0.3, -0.25) is 9.89 Å². The molecule has 5 nitrogen and oxygen atoms in total. The van der Waals surface area contributed by atoms with Crippen molar-refractivity contribution < 1.29 is 4.39 Å². The molecule has 1 unspecified atom stereocenters. The zero-order valence-corrected chi connectivity index (χ0v) is 18.4. The van der Waals surface area contributed by atoms with E-state index in [9.17, 15) is 4.39 Å².